The monoisotopic (exact) mass is 248 g/mol. The minimum Gasteiger partial charge on any atom is -0.279 e. The highest BCUT2D eigenvalue weighted by Crippen LogP contribution is 2.24. The van der Waals surface area contributed by atoms with Crippen LogP contribution >= 0.6 is 0 Å². The Morgan fingerprint density at radius 3 is 2.29 bits per heavy atom. The average Bonchev–Trinajstić information content (AvgIpc) is 2.67. The summed E-state index contributed by atoms with van der Waals surface area (Å²) < 4.78 is 39.0. The Bertz CT molecular complexity index is 706. The molecule has 0 aromatic carbocycles. The standard InChI is InChI=1S/C8H7F3N4O2/c1-13-5-4(6(16)14(2)7(13)17)15(3-12-5)8(9,10)11/h3H,1-2H3. The van der Waals surface area contributed by atoms with Gasteiger partial charge in [0.25, 0.3) is 5.56 Å². The molecule has 2 rings (SSSR count). The lowest BCUT2D eigenvalue weighted by Gasteiger charge is -2.08. The maximum absolute atomic E-state index is 12.6. The first-order chi connectivity index (χ1) is 7.75. The van der Waals surface area contributed by atoms with Crippen molar-refractivity contribution >= 4 is 11.2 Å². The predicted octanol–water partition coefficient (Wildman–Crippen LogP) is -0.0900. The van der Waals surface area contributed by atoms with Gasteiger partial charge in [-0.15, -0.1) is 13.2 Å². The van der Waals surface area contributed by atoms with Gasteiger partial charge in [-0.1, -0.05) is 0 Å². The van der Waals surface area contributed by atoms with Crippen molar-refractivity contribution in [1.29, 1.82) is 0 Å². The van der Waals surface area contributed by atoms with Crippen molar-refractivity contribution in [3.63, 3.8) is 0 Å². The van der Waals surface area contributed by atoms with Gasteiger partial charge in [-0.2, -0.15) is 0 Å². The zero-order valence-corrected chi connectivity index (χ0v) is 8.82. The van der Waals surface area contributed by atoms with Gasteiger partial charge in [0.2, 0.25) is 0 Å². The number of nitrogens with zero attached hydrogens (tertiary/aromatic N) is 4. The molecular formula is C8H7F3N4O2. The molecule has 0 saturated carbocycles. The highest BCUT2D eigenvalue weighted by molar-refractivity contribution is 5.70. The van der Waals surface area contributed by atoms with Crippen molar-refractivity contribution in [2.75, 3.05) is 0 Å². The number of aryl methyl sites for hydroxylation is 1. The Morgan fingerprint density at radius 2 is 1.76 bits per heavy atom. The second kappa shape index (κ2) is 3.22. The molecule has 6 nitrogen and oxygen atoms in total. The van der Waals surface area contributed by atoms with Crippen molar-refractivity contribution in [3.05, 3.63) is 27.2 Å². The van der Waals surface area contributed by atoms with Crippen LogP contribution in [0.25, 0.3) is 11.2 Å². The van der Waals surface area contributed by atoms with Gasteiger partial charge in [0.05, 0.1) is 0 Å². The molecule has 0 saturated heterocycles. The normalized spacial score (nSPS) is 12.3. The summed E-state index contributed by atoms with van der Waals surface area (Å²) in [6.07, 6.45) is -4.27. The van der Waals surface area contributed by atoms with E-state index in [0.717, 1.165) is 11.6 Å². The lowest BCUT2D eigenvalue weighted by molar-refractivity contribution is -0.201. The summed E-state index contributed by atoms with van der Waals surface area (Å²) in [5, 5.41) is 0. The fourth-order valence-electron chi connectivity index (χ4n) is 1.54. The topological polar surface area (TPSA) is 61.8 Å². The average molecular weight is 248 g/mol. The molecule has 17 heavy (non-hydrogen) atoms. The molecule has 0 radical (unpaired) electrons. The summed E-state index contributed by atoms with van der Waals surface area (Å²) in [4.78, 5) is 26.5. The van der Waals surface area contributed by atoms with E-state index in [-0.39, 0.29) is 10.2 Å². The fourth-order valence-corrected chi connectivity index (χ4v) is 1.54. The molecule has 2 aromatic rings. The third-order valence-corrected chi connectivity index (χ3v) is 2.42. The van der Waals surface area contributed by atoms with Crippen LogP contribution in [-0.4, -0.2) is 18.7 Å². The molecular weight excluding hydrogens is 241 g/mol. The predicted molar refractivity (Wildman–Crippen MR) is 51.5 cm³/mol. The van der Waals surface area contributed by atoms with Gasteiger partial charge in [0.15, 0.2) is 11.2 Å². The van der Waals surface area contributed by atoms with Gasteiger partial charge in [-0.05, 0) is 0 Å². The molecule has 0 spiro atoms. The molecule has 9 heteroatoms. The Hall–Kier alpha value is -2.06. The van der Waals surface area contributed by atoms with E-state index < -0.39 is 23.1 Å². The molecule has 0 unspecified atom stereocenters. The van der Waals surface area contributed by atoms with Crippen molar-refractivity contribution in [1.82, 2.24) is 18.7 Å². The first-order valence-electron chi connectivity index (χ1n) is 4.45. The molecule has 0 aliphatic rings. The molecule has 2 aromatic heterocycles. The highest BCUT2D eigenvalue weighted by atomic mass is 19.4. The summed E-state index contributed by atoms with van der Waals surface area (Å²) >= 11 is 0. The molecule has 92 valence electrons. The van der Waals surface area contributed by atoms with Crippen LogP contribution < -0.4 is 11.2 Å². The van der Waals surface area contributed by atoms with Crippen LogP contribution in [0.4, 0.5) is 13.2 Å². The third-order valence-electron chi connectivity index (χ3n) is 2.42. The third kappa shape index (κ3) is 1.46. The van der Waals surface area contributed by atoms with E-state index in [1.54, 1.807) is 0 Å². The van der Waals surface area contributed by atoms with E-state index in [1.165, 1.54) is 7.05 Å². The number of hydrogen-bond donors (Lipinski definition) is 0. The van der Waals surface area contributed by atoms with Gasteiger partial charge in [-0.3, -0.25) is 13.9 Å². The van der Waals surface area contributed by atoms with Crippen LogP contribution in [0.1, 0.15) is 0 Å². The summed E-state index contributed by atoms with van der Waals surface area (Å²) in [5.74, 6) is 0. The second-order valence-corrected chi connectivity index (χ2v) is 3.46. The van der Waals surface area contributed by atoms with Crippen LogP contribution in [0.3, 0.4) is 0 Å². The summed E-state index contributed by atoms with van der Waals surface area (Å²) in [7, 11) is 2.36. The zero-order chi connectivity index (χ0) is 13.0. The molecule has 0 aliphatic carbocycles. The van der Waals surface area contributed by atoms with Crippen molar-refractivity contribution in [2.45, 2.75) is 6.30 Å². The molecule has 2 heterocycles. The van der Waals surface area contributed by atoms with Gasteiger partial charge in [-0.25, -0.2) is 14.3 Å². The van der Waals surface area contributed by atoms with E-state index >= 15 is 0 Å². The number of fused-ring (bicyclic) bond motifs is 1. The SMILES string of the molecule is Cn1c(=O)c2c(ncn2C(F)(F)F)n(C)c1=O. The van der Waals surface area contributed by atoms with E-state index in [2.05, 4.69) is 4.98 Å². The first-order valence-corrected chi connectivity index (χ1v) is 4.45. The number of halogens is 3. The quantitative estimate of drug-likeness (QED) is 0.654. The highest BCUT2D eigenvalue weighted by Gasteiger charge is 2.34. The number of hydrogen-bond acceptors (Lipinski definition) is 3. The largest absolute Gasteiger partial charge is 0.490 e. The summed E-state index contributed by atoms with van der Waals surface area (Å²) in [6, 6.07) is 0. The number of imidazole rings is 1. The Morgan fingerprint density at radius 1 is 1.18 bits per heavy atom. The van der Waals surface area contributed by atoms with E-state index in [1.807, 2.05) is 0 Å². The molecule has 0 atom stereocenters. The fraction of sp³-hybridized carbons (Fsp3) is 0.375. The number of rotatable bonds is 0. The number of alkyl halides is 3. The lowest BCUT2D eigenvalue weighted by atomic mass is 10.5. The summed E-state index contributed by atoms with van der Waals surface area (Å²) in [6.45, 7) is 0. The van der Waals surface area contributed by atoms with Crippen LogP contribution in [0.15, 0.2) is 15.9 Å². The molecule has 0 fully saturated rings. The molecule has 0 N–H and O–H groups in total. The van der Waals surface area contributed by atoms with Crippen molar-refractivity contribution in [2.24, 2.45) is 14.1 Å². The van der Waals surface area contributed by atoms with Gasteiger partial charge in [0, 0.05) is 14.1 Å². The van der Waals surface area contributed by atoms with Gasteiger partial charge in [0.1, 0.15) is 6.33 Å². The van der Waals surface area contributed by atoms with Crippen molar-refractivity contribution in [3.8, 4) is 0 Å². The first kappa shape index (κ1) is 11.4. The van der Waals surface area contributed by atoms with Gasteiger partial charge >= 0.3 is 12.0 Å². The maximum atomic E-state index is 12.6. The Kier molecular flexibility index (Phi) is 2.16. The molecule has 0 bridgehead atoms. The minimum atomic E-state index is -4.75. The van der Waals surface area contributed by atoms with Gasteiger partial charge < -0.3 is 0 Å². The zero-order valence-electron chi connectivity index (χ0n) is 8.82. The van der Waals surface area contributed by atoms with Crippen LogP contribution in [0, 0.1) is 0 Å². The molecule has 0 amide bonds. The van der Waals surface area contributed by atoms with E-state index in [9.17, 15) is 22.8 Å². The number of aromatic nitrogens is 4. The Labute approximate surface area is 91.5 Å². The molecule has 0 aliphatic heterocycles. The van der Waals surface area contributed by atoms with E-state index in [4.69, 9.17) is 0 Å². The smallest absolute Gasteiger partial charge is 0.279 e. The van der Waals surface area contributed by atoms with Crippen LogP contribution in [0.2, 0.25) is 0 Å². The summed E-state index contributed by atoms with van der Waals surface area (Å²) in [5.41, 5.74) is -2.72. The second-order valence-electron chi connectivity index (χ2n) is 3.46. The Balaban J connectivity index is 3.07. The van der Waals surface area contributed by atoms with Crippen LogP contribution in [0.5, 0.6) is 0 Å². The van der Waals surface area contributed by atoms with E-state index in [0.29, 0.717) is 10.9 Å². The minimum absolute atomic E-state index is 0.204. The lowest BCUT2D eigenvalue weighted by Crippen LogP contribution is -2.38. The van der Waals surface area contributed by atoms with Crippen molar-refractivity contribution < 1.29 is 13.2 Å². The maximum Gasteiger partial charge on any atom is 0.490 e. The van der Waals surface area contributed by atoms with Crippen LogP contribution in [-0.2, 0) is 20.4 Å².